The van der Waals surface area contributed by atoms with Crippen molar-refractivity contribution in [2.24, 2.45) is 0 Å². The maximum Gasteiger partial charge on any atom is 0.211 e. The molecular weight excluding hydrogens is 240 g/mol. The highest BCUT2D eigenvalue weighted by Gasteiger charge is 2.31. The lowest BCUT2D eigenvalue weighted by molar-refractivity contribution is 0.0236. The lowest BCUT2D eigenvalue weighted by atomic mass is 9.90. The van der Waals surface area contributed by atoms with Gasteiger partial charge in [0.1, 0.15) is 0 Å². The van der Waals surface area contributed by atoms with Crippen LogP contribution in [-0.4, -0.2) is 46.0 Å². The molecule has 102 valence electrons. The average molecular weight is 264 g/mol. The minimum Gasteiger partial charge on any atom is -0.381 e. The fourth-order valence-electron chi connectivity index (χ4n) is 1.82. The summed E-state index contributed by atoms with van der Waals surface area (Å²) >= 11 is 0. The topological polar surface area (TPSA) is 67.4 Å². The highest BCUT2D eigenvalue weighted by Crippen LogP contribution is 2.23. The molecule has 0 heterocycles. The molecule has 6 heteroatoms. The standard InChI is InChI=1S/C11H24N2O3S/c1-9(2)12-5-4-6-17(14,15)13-10-7-11(8-10)16-3/h9-13H,4-8H2,1-3H3. The Labute approximate surface area is 104 Å². The molecular formula is C11H24N2O3S. The van der Waals surface area contributed by atoms with Crippen molar-refractivity contribution < 1.29 is 13.2 Å². The second kappa shape index (κ2) is 6.68. The van der Waals surface area contributed by atoms with Crippen molar-refractivity contribution in [2.75, 3.05) is 19.4 Å². The Hall–Kier alpha value is -0.170. The first-order valence-electron chi connectivity index (χ1n) is 6.19. The van der Waals surface area contributed by atoms with Crippen LogP contribution in [0.3, 0.4) is 0 Å². The van der Waals surface area contributed by atoms with Crippen LogP contribution < -0.4 is 10.0 Å². The minimum absolute atomic E-state index is 0.0722. The Morgan fingerprint density at radius 3 is 2.53 bits per heavy atom. The van der Waals surface area contributed by atoms with Crippen LogP contribution in [0.15, 0.2) is 0 Å². The molecule has 1 aliphatic rings. The van der Waals surface area contributed by atoms with Crippen molar-refractivity contribution in [1.82, 2.24) is 10.0 Å². The molecule has 0 saturated heterocycles. The number of ether oxygens (including phenoxy) is 1. The summed E-state index contributed by atoms with van der Waals surface area (Å²) in [5, 5.41) is 3.20. The molecule has 1 fully saturated rings. The summed E-state index contributed by atoms with van der Waals surface area (Å²) in [7, 11) is -1.46. The van der Waals surface area contributed by atoms with Crippen LogP contribution in [-0.2, 0) is 14.8 Å². The molecule has 0 radical (unpaired) electrons. The third-order valence-corrected chi connectivity index (χ3v) is 4.44. The summed E-state index contributed by atoms with van der Waals surface area (Å²) in [4.78, 5) is 0. The summed E-state index contributed by atoms with van der Waals surface area (Å²) in [6.45, 7) is 4.84. The van der Waals surface area contributed by atoms with Crippen molar-refractivity contribution in [3.05, 3.63) is 0 Å². The van der Waals surface area contributed by atoms with Gasteiger partial charge in [-0.3, -0.25) is 0 Å². The van der Waals surface area contributed by atoms with Gasteiger partial charge >= 0.3 is 0 Å². The number of nitrogens with one attached hydrogen (secondary N) is 2. The van der Waals surface area contributed by atoms with E-state index >= 15 is 0 Å². The molecule has 0 aromatic rings. The van der Waals surface area contributed by atoms with E-state index in [0.717, 1.165) is 19.4 Å². The van der Waals surface area contributed by atoms with Gasteiger partial charge in [0.2, 0.25) is 10.0 Å². The summed E-state index contributed by atoms with van der Waals surface area (Å²) in [6, 6.07) is 0.475. The van der Waals surface area contributed by atoms with Gasteiger partial charge in [0.05, 0.1) is 11.9 Å². The molecule has 0 amide bonds. The quantitative estimate of drug-likeness (QED) is 0.625. The first kappa shape index (κ1) is 14.9. The first-order chi connectivity index (χ1) is 7.93. The third kappa shape index (κ3) is 5.81. The van der Waals surface area contributed by atoms with E-state index in [2.05, 4.69) is 10.0 Å². The first-order valence-corrected chi connectivity index (χ1v) is 7.84. The molecule has 0 atom stereocenters. The van der Waals surface area contributed by atoms with Gasteiger partial charge in [-0.15, -0.1) is 0 Å². The zero-order valence-electron chi connectivity index (χ0n) is 10.9. The fourth-order valence-corrected chi connectivity index (χ4v) is 3.16. The van der Waals surface area contributed by atoms with Gasteiger partial charge < -0.3 is 10.1 Å². The number of hydrogen-bond acceptors (Lipinski definition) is 4. The van der Waals surface area contributed by atoms with Gasteiger partial charge in [-0.1, -0.05) is 13.8 Å². The summed E-state index contributed by atoms with van der Waals surface area (Å²) < 4.78 is 31.2. The Bertz CT molecular complexity index is 311. The molecule has 1 saturated carbocycles. The van der Waals surface area contributed by atoms with Crippen LogP contribution in [0.1, 0.15) is 33.1 Å². The van der Waals surface area contributed by atoms with Gasteiger partial charge in [0, 0.05) is 19.2 Å². The summed E-state index contributed by atoms with van der Waals surface area (Å²) in [5.74, 6) is 0.195. The Morgan fingerprint density at radius 1 is 1.35 bits per heavy atom. The van der Waals surface area contributed by atoms with E-state index in [1.54, 1.807) is 7.11 Å². The van der Waals surface area contributed by atoms with E-state index in [9.17, 15) is 8.42 Å². The summed E-state index contributed by atoms with van der Waals surface area (Å²) in [6.07, 6.45) is 2.46. The highest BCUT2D eigenvalue weighted by atomic mass is 32.2. The third-order valence-electron chi connectivity index (χ3n) is 2.92. The number of rotatable bonds is 8. The second-order valence-corrected chi connectivity index (χ2v) is 6.80. The lowest BCUT2D eigenvalue weighted by Gasteiger charge is -2.34. The molecule has 5 nitrogen and oxygen atoms in total. The maximum atomic E-state index is 11.7. The van der Waals surface area contributed by atoms with Crippen molar-refractivity contribution in [2.45, 2.75) is 51.3 Å². The van der Waals surface area contributed by atoms with Crippen LogP contribution in [0.25, 0.3) is 0 Å². The van der Waals surface area contributed by atoms with Gasteiger partial charge in [-0.25, -0.2) is 13.1 Å². The van der Waals surface area contributed by atoms with E-state index < -0.39 is 10.0 Å². The molecule has 0 spiro atoms. The zero-order valence-corrected chi connectivity index (χ0v) is 11.7. The second-order valence-electron chi connectivity index (χ2n) is 4.93. The van der Waals surface area contributed by atoms with E-state index in [1.165, 1.54) is 0 Å². The Balaban J connectivity index is 2.14. The predicted molar refractivity (Wildman–Crippen MR) is 68.5 cm³/mol. The molecule has 17 heavy (non-hydrogen) atoms. The van der Waals surface area contributed by atoms with Crippen LogP contribution >= 0.6 is 0 Å². The van der Waals surface area contributed by atoms with Gasteiger partial charge in [0.25, 0.3) is 0 Å². The average Bonchev–Trinajstić information content (AvgIpc) is 2.17. The molecule has 0 unspecified atom stereocenters. The maximum absolute atomic E-state index is 11.7. The van der Waals surface area contributed by atoms with Gasteiger partial charge in [-0.2, -0.15) is 0 Å². The van der Waals surface area contributed by atoms with Crippen LogP contribution in [0.4, 0.5) is 0 Å². The molecule has 2 N–H and O–H groups in total. The zero-order chi connectivity index (χ0) is 12.9. The smallest absolute Gasteiger partial charge is 0.211 e. The van der Waals surface area contributed by atoms with Crippen molar-refractivity contribution >= 4 is 10.0 Å². The van der Waals surface area contributed by atoms with Gasteiger partial charge in [-0.05, 0) is 25.8 Å². The minimum atomic E-state index is -3.12. The number of methoxy groups -OCH3 is 1. The number of sulfonamides is 1. The monoisotopic (exact) mass is 264 g/mol. The Morgan fingerprint density at radius 2 is 2.00 bits per heavy atom. The van der Waals surface area contributed by atoms with E-state index in [-0.39, 0.29) is 17.9 Å². The summed E-state index contributed by atoms with van der Waals surface area (Å²) in [5.41, 5.74) is 0. The van der Waals surface area contributed by atoms with E-state index in [1.807, 2.05) is 13.8 Å². The molecule has 1 rings (SSSR count). The molecule has 0 aliphatic heterocycles. The van der Waals surface area contributed by atoms with E-state index in [0.29, 0.717) is 12.5 Å². The fraction of sp³-hybridized carbons (Fsp3) is 1.00. The van der Waals surface area contributed by atoms with Crippen LogP contribution in [0.5, 0.6) is 0 Å². The number of hydrogen-bond donors (Lipinski definition) is 2. The normalized spacial score (nSPS) is 24.9. The molecule has 1 aliphatic carbocycles. The molecule has 0 bridgehead atoms. The van der Waals surface area contributed by atoms with Crippen molar-refractivity contribution in [3.8, 4) is 0 Å². The Kier molecular flexibility index (Phi) is 5.85. The largest absolute Gasteiger partial charge is 0.381 e. The van der Waals surface area contributed by atoms with E-state index in [4.69, 9.17) is 4.74 Å². The van der Waals surface area contributed by atoms with Crippen LogP contribution in [0.2, 0.25) is 0 Å². The predicted octanol–water partition coefficient (Wildman–Crippen LogP) is 0.471. The molecule has 0 aromatic heterocycles. The highest BCUT2D eigenvalue weighted by molar-refractivity contribution is 7.89. The lowest BCUT2D eigenvalue weighted by Crippen LogP contribution is -2.48. The molecule has 0 aromatic carbocycles. The van der Waals surface area contributed by atoms with Crippen LogP contribution in [0, 0.1) is 0 Å². The SMILES string of the molecule is COC1CC(NS(=O)(=O)CCCNC(C)C)C1. The van der Waals surface area contributed by atoms with Crippen molar-refractivity contribution in [3.63, 3.8) is 0 Å². The van der Waals surface area contributed by atoms with Gasteiger partial charge in [0.15, 0.2) is 0 Å². The van der Waals surface area contributed by atoms with Crippen molar-refractivity contribution in [1.29, 1.82) is 0 Å².